The van der Waals surface area contributed by atoms with Crippen LogP contribution in [-0.4, -0.2) is 37.2 Å². The normalized spacial score (nSPS) is 11.4. The van der Waals surface area contributed by atoms with Crippen LogP contribution in [0.4, 0.5) is 0 Å². The van der Waals surface area contributed by atoms with E-state index in [1.54, 1.807) is 0 Å². The van der Waals surface area contributed by atoms with Gasteiger partial charge >= 0.3 is 0 Å². The summed E-state index contributed by atoms with van der Waals surface area (Å²) in [5, 5.41) is 6.63. The van der Waals surface area contributed by atoms with Gasteiger partial charge in [-0.1, -0.05) is 30.3 Å². The molecule has 0 aliphatic heterocycles. The van der Waals surface area contributed by atoms with Gasteiger partial charge in [-0.25, -0.2) is 0 Å². The highest BCUT2D eigenvalue weighted by atomic mass is 16.5. The summed E-state index contributed by atoms with van der Waals surface area (Å²) in [4.78, 5) is 8.68. The Morgan fingerprint density at radius 2 is 2.00 bits per heavy atom. The van der Waals surface area contributed by atoms with Gasteiger partial charge in [-0.2, -0.15) is 0 Å². The van der Waals surface area contributed by atoms with Crippen LogP contribution in [0, 0.1) is 6.92 Å². The number of aryl methyl sites for hydroxylation is 1. The van der Waals surface area contributed by atoms with Crippen LogP contribution in [0.2, 0.25) is 0 Å². The molecule has 5 heteroatoms. The zero-order valence-corrected chi connectivity index (χ0v) is 15.2. The summed E-state index contributed by atoms with van der Waals surface area (Å²) in [5.41, 5.74) is 3.72. The molecule has 25 heavy (non-hydrogen) atoms. The Kier molecular flexibility index (Phi) is 8.49. The Bertz CT molecular complexity index is 643. The molecular weight excluding hydrogens is 312 g/mol. The fourth-order valence-electron chi connectivity index (χ4n) is 2.43. The number of guanidine groups is 1. The molecule has 0 fully saturated rings. The second-order valence-corrected chi connectivity index (χ2v) is 5.78. The van der Waals surface area contributed by atoms with Gasteiger partial charge in [0.05, 0.1) is 19.8 Å². The first-order chi connectivity index (χ1) is 12.3. The third-order valence-electron chi connectivity index (χ3n) is 3.78. The number of rotatable bonds is 9. The zero-order chi connectivity index (χ0) is 17.7. The van der Waals surface area contributed by atoms with Crippen LogP contribution in [-0.2, 0) is 17.8 Å². The Morgan fingerprint density at radius 3 is 2.76 bits per heavy atom. The molecule has 0 atom stereocenters. The predicted octanol–water partition coefficient (Wildman–Crippen LogP) is 2.70. The lowest BCUT2D eigenvalue weighted by Crippen LogP contribution is -2.38. The largest absolute Gasteiger partial charge is 0.375 e. The molecule has 1 aromatic heterocycles. The first-order valence-corrected chi connectivity index (χ1v) is 8.83. The number of nitrogens with one attached hydrogen (secondary N) is 2. The van der Waals surface area contributed by atoms with Crippen LogP contribution < -0.4 is 10.6 Å². The van der Waals surface area contributed by atoms with E-state index in [0.29, 0.717) is 19.8 Å². The van der Waals surface area contributed by atoms with Gasteiger partial charge in [-0.15, -0.1) is 0 Å². The maximum absolute atomic E-state index is 5.67. The summed E-state index contributed by atoms with van der Waals surface area (Å²) in [5.74, 6) is 0.831. The van der Waals surface area contributed by atoms with Crippen LogP contribution in [0.15, 0.2) is 53.8 Å². The van der Waals surface area contributed by atoms with Gasteiger partial charge in [0, 0.05) is 25.5 Å². The number of ether oxygens (including phenoxy) is 1. The monoisotopic (exact) mass is 340 g/mol. The van der Waals surface area contributed by atoms with Crippen molar-refractivity contribution in [1.82, 2.24) is 15.6 Å². The molecule has 0 unspecified atom stereocenters. The standard InChI is InChI=1S/C20H28N4O/c1-3-22-20(23-12-10-19-9-11-21-15-17(19)2)24-13-14-25-16-18-7-5-4-6-8-18/h4-9,11,15H,3,10,12-14,16H2,1-2H3,(H2,22,23,24). The Hall–Kier alpha value is -2.40. The van der Waals surface area contributed by atoms with Crippen molar-refractivity contribution in [3.8, 4) is 0 Å². The van der Waals surface area contributed by atoms with E-state index in [9.17, 15) is 0 Å². The topological polar surface area (TPSA) is 58.5 Å². The van der Waals surface area contributed by atoms with E-state index in [-0.39, 0.29) is 0 Å². The minimum Gasteiger partial charge on any atom is -0.375 e. The lowest BCUT2D eigenvalue weighted by atomic mass is 10.1. The average Bonchev–Trinajstić information content (AvgIpc) is 2.64. The maximum atomic E-state index is 5.67. The molecule has 2 N–H and O–H groups in total. The van der Waals surface area contributed by atoms with Gasteiger partial charge < -0.3 is 15.4 Å². The van der Waals surface area contributed by atoms with Crippen LogP contribution >= 0.6 is 0 Å². The highest BCUT2D eigenvalue weighted by Gasteiger charge is 2.00. The molecular formula is C20H28N4O. The van der Waals surface area contributed by atoms with Gasteiger partial charge in [-0.05, 0) is 43.0 Å². The van der Waals surface area contributed by atoms with Crippen LogP contribution in [0.3, 0.4) is 0 Å². The molecule has 0 radical (unpaired) electrons. The van der Waals surface area contributed by atoms with Crippen molar-refractivity contribution in [2.45, 2.75) is 26.9 Å². The van der Waals surface area contributed by atoms with Gasteiger partial charge in [0.1, 0.15) is 0 Å². The molecule has 1 heterocycles. The van der Waals surface area contributed by atoms with Gasteiger partial charge in [-0.3, -0.25) is 9.98 Å². The van der Waals surface area contributed by atoms with Crippen molar-refractivity contribution >= 4 is 5.96 Å². The fourth-order valence-corrected chi connectivity index (χ4v) is 2.43. The average molecular weight is 340 g/mol. The van der Waals surface area contributed by atoms with E-state index < -0.39 is 0 Å². The van der Waals surface area contributed by atoms with E-state index in [0.717, 1.165) is 25.5 Å². The third kappa shape index (κ3) is 7.35. The summed E-state index contributed by atoms with van der Waals surface area (Å²) in [7, 11) is 0. The van der Waals surface area contributed by atoms with E-state index in [1.165, 1.54) is 16.7 Å². The van der Waals surface area contributed by atoms with E-state index in [2.05, 4.69) is 52.7 Å². The van der Waals surface area contributed by atoms with Crippen LogP contribution in [0.5, 0.6) is 0 Å². The van der Waals surface area contributed by atoms with Crippen molar-refractivity contribution in [3.63, 3.8) is 0 Å². The van der Waals surface area contributed by atoms with Crippen LogP contribution in [0.1, 0.15) is 23.6 Å². The molecule has 0 saturated heterocycles. The number of hydrogen-bond donors (Lipinski definition) is 2. The molecule has 1 aromatic carbocycles. The molecule has 5 nitrogen and oxygen atoms in total. The number of aliphatic imine (C=N–C) groups is 1. The third-order valence-corrected chi connectivity index (χ3v) is 3.78. The summed E-state index contributed by atoms with van der Waals surface area (Å²) in [6, 6.07) is 12.3. The Morgan fingerprint density at radius 1 is 1.16 bits per heavy atom. The van der Waals surface area contributed by atoms with Gasteiger partial charge in [0.2, 0.25) is 0 Å². The summed E-state index contributed by atoms with van der Waals surface area (Å²) >= 11 is 0. The summed E-state index contributed by atoms with van der Waals surface area (Å²) in [6.07, 6.45) is 4.69. The molecule has 0 aliphatic carbocycles. The van der Waals surface area contributed by atoms with Crippen molar-refractivity contribution in [2.24, 2.45) is 4.99 Å². The number of hydrogen-bond acceptors (Lipinski definition) is 3. The van der Waals surface area contributed by atoms with Crippen molar-refractivity contribution in [2.75, 3.05) is 26.2 Å². The van der Waals surface area contributed by atoms with E-state index >= 15 is 0 Å². The molecule has 0 bridgehead atoms. The number of aromatic nitrogens is 1. The highest BCUT2D eigenvalue weighted by Crippen LogP contribution is 2.04. The quantitative estimate of drug-likeness (QED) is 0.419. The van der Waals surface area contributed by atoms with Crippen molar-refractivity contribution < 1.29 is 4.74 Å². The van der Waals surface area contributed by atoms with E-state index in [1.807, 2.05) is 30.6 Å². The predicted molar refractivity (Wildman–Crippen MR) is 103 cm³/mol. The van der Waals surface area contributed by atoms with Gasteiger partial charge in [0.15, 0.2) is 5.96 Å². The first kappa shape index (κ1) is 18.9. The molecule has 0 spiro atoms. The van der Waals surface area contributed by atoms with Crippen LogP contribution in [0.25, 0.3) is 0 Å². The minimum absolute atomic E-state index is 0.606. The zero-order valence-electron chi connectivity index (χ0n) is 15.2. The molecule has 2 rings (SSSR count). The fraction of sp³-hybridized carbons (Fsp3) is 0.400. The van der Waals surface area contributed by atoms with E-state index in [4.69, 9.17) is 4.74 Å². The number of nitrogens with zero attached hydrogens (tertiary/aromatic N) is 2. The minimum atomic E-state index is 0.606. The molecule has 0 saturated carbocycles. The molecule has 0 amide bonds. The maximum Gasteiger partial charge on any atom is 0.191 e. The molecule has 134 valence electrons. The first-order valence-electron chi connectivity index (χ1n) is 8.83. The Labute approximate surface area is 150 Å². The SMILES string of the molecule is CCNC(=NCCOCc1ccccc1)NCCc1ccncc1C. The molecule has 2 aromatic rings. The van der Waals surface area contributed by atoms with Gasteiger partial charge in [0.25, 0.3) is 0 Å². The lowest BCUT2D eigenvalue weighted by Gasteiger charge is -2.12. The van der Waals surface area contributed by atoms with Crippen molar-refractivity contribution in [1.29, 1.82) is 0 Å². The Balaban J connectivity index is 1.69. The lowest BCUT2D eigenvalue weighted by molar-refractivity contribution is 0.128. The molecule has 0 aliphatic rings. The summed E-state index contributed by atoms with van der Waals surface area (Å²) < 4.78 is 5.67. The summed E-state index contributed by atoms with van der Waals surface area (Å²) in [6.45, 7) is 7.70. The van der Waals surface area contributed by atoms with Crippen molar-refractivity contribution in [3.05, 3.63) is 65.5 Å². The number of benzene rings is 1. The number of pyridine rings is 1. The second-order valence-electron chi connectivity index (χ2n) is 5.78. The highest BCUT2D eigenvalue weighted by molar-refractivity contribution is 5.79. The second kappa shape index (κ2) is 11.2. The smallest absolute Gasteiger partial charge is 0.191 e.